The van der Waals surface area contributed by atoms with Crippen molar-refractivity contribution >= 4 is 20.0 Å². The van der Waals surface area contributed by atoms with Crippen LogP contribution in [0.25, 0.3) is 0 Å². The minimum absolute atomic E-state index is 0.149. The first-order valence-corrected chi connectivity index (χ1v) is 13.1. The first-order valence-electron chi connectivity index (χ1n) is 9.63. The van der Waals surface area contributed by atoms with Crippen molar-refractivity contribution in [3.63, 3.8) is 0 Å². The predicted octanol–water partition coefficient (Wildman–Crippen LogP) is 3.70. The SMILES string of the molecule is CC(CC(C)C1CCC(S(=O)(=O)O)CC1)C1CCC(S(C)(=O)=O)CC1. The summed E-state index contributed by atoms with van der Waals surface area (Å²) in [6.07, 6.45) is 8.95. The zero-order chi connectivity index (χ0) is 18.8. The Hall–Kier alpha value is -0.140. The molecule has 7 heteroatoms. The van der Waals surface area contributed by atoms with Crippen LogP contribution in [0, 0.1) is 23.7 Å². The summed E-state index contributed by atoms with van der Waals surface area (Å²) < 4.78 is 55.1. The normalized spacial score (nSPS) is 34.4. The van der Waals surface area contributed by atoms with Gasteiger partial charge in [0.15, 0.2) is 0 Å². The molecule has 148 valence electrons. The van der Waals surface area contributed by atoms with Gasteiger partial charge in [0, 0.05) is 6.26 Å². The summed E-state index contributed by atoms with van der Waals surface area (Å²) in [5, 5.41) is -0.719. The molecule has 25 heavy (non-hydrogen) atoms. The molecule has 0 radical (unpaired) electrons. The minimum Gasteiger partial charge on any atom is -0.285 e. The maximum Gasteiger partial charge on any atom is 0.267 e. The second-order valence-corrected chi connectivity index (χ2v) is 12.6. The predicted molar refractivity (Wildman–Crippen MR) is 101 cm³/mol. The van der Waals surface area contributed by atoms with Crippen molar-refractivity contribution in [3.8, 4) is 0 Å². The molecule has 2 aliphatic rings. The number of hydrogen-bond donors (Lipinski definition) is 1. The second kappa shape index (κ2) is 8.26. The third kappa shape index (κ3) is 5.93. The van der Waals surface area contributed by atoms with Crippen LogP contribution in [0.1, 0.15) is 71.6 Å². The van der Waals surface area contributed by atoms with Crippen molar-refractivity contribution in [2.24, 2.45) is 23.7 Å². The molecule has 0 aromatic rings. The van der Waals surface area contributed by atoms with Crippen LogP contribution in [0.3, 0.4) is 0 Å². The topological polar surface area (TPSA) is 88.5 Å². The molecule has 0 amide bonds. The first-order chi connectivity index (χ1) is 11.5. The van der Waals surface area contributed by atoms with Gasteiger partial charge in [0.05, 0.1) is 10.5 Å². The van der Waals surface area contributed by atoms with Crippen molar-refractivity contribution in [2.45, 2.75) is 82.1 Å². The fraction of sp³-hybridized carbons (Fsp3) is 1.00. The van der Waals surface area contributed by atoms with E-state index in [-0.39, 0.29) is 5.25 Å². The van der Waals surface area contributed by atoms with Gasteiger partial charge in [-0.15, -0.1) is 0 Å². The lowest BCUT2D eigenvalue weighted by Crippen LogP contribution is -2.31. The summed E-state index contributed by atoms with van der Waals surface area (Å²) in [4.78, 5) is 0. The highest BCUT2D eigenvalue weighted by Gasteiger charge is 2.34. The van der Waals surface area contributed by atoms with Gasteiger partial charge in [0.2, 0.25) is 0 Å². The Morgan fingerprint density at radius 1 is 0.760 bits per heavy atom. The van der Waals surface area contributed by atoms with Gasteiger partial charge in [0.1, 0.15) is 9.84 Å². The molecule has 0 aromatic heterocycles. The molecule has 0 bridgehead atoms. The van der Waals surface area contributed by atoms with Gasteiger partial charge in [-0.3, -0.25) is 4.55 Å². The lowest BCUT2D eigenvalue weighted by molar-refractivity contribution is 0.180. The maximum atomic E-state index is 11.7. The van der Waals surface area contributed by atoms with E-state index < -0.39 is 25.2 Å². The van der Waals surface area contributed by atoms with Crippen LogP contribution in [0.5, 0.6) is 0 Å². The van der Waals surface area contributed by atoms with Crippen molar-refractivity contribution in [2.75, 3.05) is 6.26 Å². The molecule has 2 unspecified atom stereocenters. The summed E-state index contributed by atoms with van der Waals surface area (Å²) in [6.45, 7) is 4.54. The lowest BCUT2D eigenvalue weighted by atomic mass is 9.72. The molecule has 0 aromatic carbocycles. The van der Waals surface area contributed by atoms with Crippen LogP contribution in [0.2, 0.25) is 0 Å². The lowest BCUT2D eigenvalue weighted by Gasteiger charge is -2.36. The smallest absolute Gasteiger partial charge is 0.267 e. The second-order valence-electron chi connectivity index (χ2n) is 8.61. The van der Waals surface area contributed by atoms with E-state index in [9.17, 15) is 21.4 Å². The maximum absolute atomic E-state index is 11.7. The number of rotatable bonds is 6. The molecule has 0 heterocycles. The molecule has 0 aliphatic heterocycles. The first kappa shape index (κ1) is 21.2. The Balaban J connectivity index is 1.79. The van der Waals surface area contributed by atoms with Gasteiger partial charge >= 0.3 is 0 Å². The fourth-order valence-corrected chi connectivity index (χ4v) is 7.01. The summed E-state index contributed by atoms with van der Waals surface area (Å²) in [5.41, 5.74) is 0. The van der Waals surface area contributed by atoms with E-state index in [0.29, 0.717) is 36.5 Å². The standard InChI is InChI=1S/C18H34O5S2/c1-13(15-4-8-17(9-5-15)24(3,19)20)12-14(2)16-6-10-18(11-7-16)25(21,22)23/h13-18H,4-12H2,1-3H3,(H,21,22,23). The summed E-state index contributed by atoms with van der Waals surface area (Å²) in [7, 11) is -6.78. The zero-order valence-electron chi connectivity index (χ0n) is 15.7. The molecule has 2 rings (SSSR count). The van der Waals surface area contributed by atoms with Gasteiger partial charge in [-0.25, -0.2) is 8.42 Å². The van der Waals surface area contributed by atoms with Crippen molar-refractivity contribution < 1.29 is 21.4 Å². The molecule has 1 N–H and O–H groups in total. The van der Waals surface area contributed by atoms with E-state index in [1.54, 1.807) is 0 Å². The van der Waals surface area contributed by atoms with Gasteiger partial charge < -0.3 is 0 Å². The van der Waals surface area contributed by atoms with E-state index in [1.807, 2.05) is 0 Å². The number of hydrogen-bond acceptors (Lipinski definition) is 4. The average molecular weight is 395 g/mol. The van der Waals surface area contributed by atoms with E-state index in [0.717, 1.165) is 44.9 Å². The molecule has 0 spiro atoms. The monoisotopic (exact) mass is 394 g/mol. The summed E-state index contributed by atoms with van der Waals surface area (Å²) in [5.74, 6) is 2.27. The average Bonchev–Trinajstić information content (AvgIpc) is 2.53. The van der Waals surface area contributed by atoms with E-state index in [2.05, 4.69) is 13.8 Å². The zero-order valence-corrected chi connectivity index (χ0v) is 17.4. The summed E-state index contributed by atoms with van der Waals surface area (Å²) >= 11 is 0. The Kier molecular flexibility index (Phi) is 6.99. The van der Waals surface area contributed by atoms with E-state index in [1.165, 1.54) is 6.26 Å². The Morgan fingerprint density at radius 3 is 1.44 bits per heavy atom. The van der Waals surface area contributed by atoms with Crippen molar-refractivity contribution in [1.29, 1.82) is 0 Å². The largest absolute Gasteiger partial charge is 0.285 e. The van der Waals surface area contributed by atoms with Gasteiger partial charge in [-0.05, 0) is 81.5 Å². The number of sulfone groups is 1. The van der Waals surface area contributed by atoms with Gasteiger partial charge in [-0.2, -0.15) is 8.42 Å². The van der Waals surface area contributed by atoms with Gasteiger partial charge in [-0.1, -0.05) is 13.8 Å². The van der Waals surface area contributed by atoms with Crippen molar-refractivity contribution in [3.05, 3.63) is 0 Å². The third-order valence-electron chi connectivity index (χ3n) is 6.82. The van der Waals surface area contributed by atoms with Crippen LogP contribution < -0.4 is 0 Å². The minimum atomic E-state index is -3.88. The van der Waals surface area contributed by atoms with Crippen molar-refractivity contribution in [1.82, 2.24) is 0 Å². The highest BCUT2D eigenvalue weighted by molar-refractivity contribution is 7.91. The molecule has 2 atom stereocenters. The molecule has 2 fully saturated rings. The quantitative estimate of drug-likeness (QED) is 0.694. The highest BCUT2D eigenvalue weighted by Crippen LogP contribution is 2.39. The van der Waals surface area contributed by atoms with Crippen LogP contribution in [-0.4, -0.2) is 38.1 Å². The Labute approximate surface area is 153 Å². The van der Waals surface area contributed by atoms with Crippen LogP contribution in [-0.2, 0) is 20.0 Å². The van der Waals surface area contributed by atoms with Crippen LogP contribution in [0.4, 0.5) is 0 Å². The molecular formula is C18H34O5S2. The van der Waals surface area contributed by atoms with E-state index in [4.69, 9.17) is 0 Å². The van der Waals surface area contributed by atoms with Crippen LogP contribution >= 0.6 is 0 Å². The van der Waals surface area contributed by atoms with Gasteiger partial charge in [0.25, 0.3) is 10.1 Å². The fourth-order valence-electron chi connectivity index (χ4n) is 5.01. The highest BCUT2D eigenvalue weighted by atomic mass is 32.2. The molecule has 0 saturated heterocycles. The van der Waals surface area contributed by atoms with E-state index >= 15 is 0 Å². The third-order valence-corrected chi connectivity index (χ3v) is 9.81. The van der Waals surface area contributed by atoms with Crippen LogP contribution in [0.15, 0.2) is 0 Å². The Morgan fingerprint density at radius 2 is 1.12 bits per heavy atom. The summed E-state index contributed by atoms with van der Waals surface area (Å²) in [6, 6.07) is 0. The molecular weight excluding hydrogens is 360 g/mol. The molecule has 2 aliphatic carbocycles. The Bertz CT molecular complexity index is 568. The molecule has 5 nitrogen and oxygen atoms in total. The molecule has 2 saturated carbocycles.